The Labute approximate surface area is 172 Å². The molecule has 0 fully saturated rings. The van der Waals surface area contributed by atoms with Gasteiger partial charge in [-0.3, -0.25) is 19.7 Å². The first-order valence-electron chi connectivity index (χ1n) is 8.70. The molecule has 0 saturated carbocycles. The number of carbonyl (C=O) groups excluding carboxylic acids is 2. The van der Waals surface area contributed by atoms with Crippen LogP contribution in [0.15, 0.2) is 47.4 Å². The fraction of sp³-hybridized carbons (Fsp3) is 0.263. The van der Waals surface area contributed by atoms with E-state index in [9.17, 15) is 19.7 Å². The Morgan fingerprint density at radius 3 is 2.31 bits per heavy atom. The number of nitro groups is 1. The number of ether oxygens (including phenoxy) is 1. The predicted molar refractivity (Wildman–Crippen MR) is 112 cm³/mol. The van der Waals surface area contributed by atoms with E-state index < -0.39 is 10.8 Å². The van der Waals surface area contributed by atoms with Gasteiger partial charge < -0.3 is 20.3 Å². The minimum absolute atomic E-state index is 0.00341. The number of hydrogen-bond acceptors (Lipinski definition) is 6. The number of methoxy groups -OCH3 is 1. The molecule has 29 heavy (non-hydrogen) atoms. The number of nitrogens with zero attached hydrogens (tertiary/aromatic N) is 1. The summed E-state index contributed by atoms with van der Waals surface area (Å²) in [5, 5.41) is 16.4. The first kappa shape index (κ1) is 22.2. The second-order valence-corrected chi connectivity index (χ2v) is 7.10. The SMILES string of the molecule is COc1ccc([N+](=O)[O-])cc1NC(=O)C[NH+](C)CC(=O)Nc1ccccc1SC. The molecular weight excluding hydrogens is 396 g/mol. The molecule has 10 heteroatoms. The van der Waals surface area contributed by atoms with Gasteiger partial charge in [-0.25, -0.2) is 0 Å². The van der Waals surface area contributed by atoms with Gasteiger partial charge in [-0.05, 0) is 24.5 Å². The molecule has 2 amide bonds. The standard InChI is InChI=1S/C19H22N4O5S/c1-22(11-18(24)20-14-6-4-5-7-17(14)29-3)12-19(25)21-15-10-13(23(26)27)8-9-16(15)28-2/h4-10H,11-12H2,1-3H3,(H,20,24)(H,21,25)/p+1. The second-order valence-electron chi connectivity index (χ2n) is 6.25. The Hall–Kier alpha value is -3.11. The number of anilines is 2. The van der Waals surface area contributed by atoms with Crippen LogP contribution >= 0.6 is 11.8 Å². The van der Waals surface area contributed by atoms with Crippen molar-refractivity contribution in [3.63, 3.8) is 0 Å². The summed E-state index contributed by atoms with van der Waals surface area (Å²) in [6.07, 6.45) is 1.93. The van der Waals surface area contributed by atoms with Gasteiger partial charge in [0.1, 0.15) is 5.75 Å². The highest BCUT2D eigenvalue weighted by molar-refractivity contribution is 7.98. The molecule has 0 aromatic heterocycles. The van der Waals surface area contributed by atoms with Gasteiger partial charge >= 0.3 is 0 Å². The maximum Gasteiger partial charge on any atom is 0.279 e. The van der Waals surface area contributed by atoms with Gasteiger partial charge in [0.25, 0.3) is 17.5 Å². The molecule has 2 aromatic carbocycles. The topological polar surface area (TPSA) is 115 Å². The first-order valence-corrected chi connectivity index (χ1v) is 9.93. The monoisotopic (exact) mass is 419 g/mol. The van der Waals surface area contributed by atoms with Crippen LogP contribution in [-0.4, -0.2) is 50.2 Å². The smallest absolute Gasteiger partial charge is 0.279 e. The molecular formula is C19H23N4O5S+. The minimum Gasteiger partial charge on any atom is -0.495 e. The Kier molecular flexibility index (Phi) is 7.98. The van der Waals surface area contributed by atoms with Crippen LogP contribution in [0.5, 0.6) is 5.75 Å². The summed E-state index contributed by atoms with van der Waals surface area (Å²) < 4.78 is 5.13. The van der Waals surface area contributed by atoms with Crippen molar-refractivity contribution in [2.24, 2.45) is 0 Å². The zero-order valence-electron chi connectivity index (χ0n) is 16.4. The number of rotatable bonds is 9. The van der Waals surface area contributed by atoms with Crippen LogP contribution in [0.1, 0.15) is 0 Å². The van der Waals surface area contributed by atoms with E-state index in [1.807, 2.05) is 30.5 Å². The summed E-state index contributed by atoms with van der Waals surface area (Å²) in [4.78, 5) is 36.6. The highest BCUT2D eigenvalue weighted by atomic mass is 32.2. The number of nitro benzene ring substituents is 1. The van der Waals surface area contributed by atoms with Crippen molar-refractivity contribution in [2.75, 3.05) is 44.1 Å². The molecule has 1 unspecified atom stereocenters. The lowest BCUT2D eigenvalue weighted by atomic mass is 10.2. The molecule has 0 aliphatic heterocycles. The fourth-order valence-electron chi connectivity index (χ4n) is 2.65. The molecule has 0 heterocycles. The number of likely N-dealkylation sites (N-methyl/N-ethyl adjacent to an activating group) is 1. The Balaban J connectivity index is 1.94. The number of hydrogen-bond donors (Lipinski definition) is 3. The van der Waals surface area contributed by atoms with Crippen molar-refractivity contribution >= 4 is 40.6 Å². The van der Waals surface area contributed by atoms with Gasteiger partial charge in [0, 0.05) is 17.0 Å². The molecule has 0 spiro atoms. The number of quaternary nitrogens is 1. The minimum atomic E-state index is -0.552. The molecule has 2 aromatic rings. The molecule has 0 aliphatic rings. The van der Waals surface area contributed by atoms with Crippen LogP contribution < -0.4 is 20.3 Å². The molecule has 1 atom stereocenters. The lowest BCUT2D eigenvalue weighted by Crippen LogP contribution is -3.11. The van der Waals surface area contributed by atoms with Crippen molar-refractivity contribution in [1.29, 1.82) is 0 Å². The third-order valence-electron chi connectivity index (χ3n) is 3.97. The fourth-order valence-corrected chi connectivity index (χ4v) is 3.21. The summed E-state index contributed by atoms with van der Waals surface area (Å²) in [6, 6.07) is 11.4. The Bertz CT molecular complexity index is 906. The van der Waals surface area contributed by atoms with Gasteiger partial charge in [-0.2, -0.15) is 0 Å². The third-order valence-corrected chi connectivity index (χ3v) is 4.77. The van der Waals surface area contributed by atoms with Crippen LogP contribution in [0.3, 0.4) is 0 Å². The van der Waals surface area contributed by atoms with Crippen molar-refractivity contribution in [3.8, 4) is 5.75 Å². The lowest BCUT2D eigenvalue weighted by molar-refractivity contribution is -0.862. The molecule has 0 aliphatic carbocycles. The number of nitrogens with one attached hydrogen (secondary N) is 3. The molecule has 0 bridgehead atoms. The van der Waals surface area contributed by atoms with E-state index in [0.717, 1.165) is 10.6 Å². The molecule has 2 rings (SSSR count). The summed E-state index contributed by atoms with van der Waals surface area (Å²) in [5.41, 5.74) is 0.773. The van der Waals surface area contributed by atoms with Crippen molar-refractivity contribution in [3.05, 3.63) is 52.6 Å². The average molecular weight is 419 g/mol. The highest BCUT2D eigenvalue weighted by Gasteiger charge is 2.18. The van der Waals surface area contributed by atoms with E-state index >= 15 is 0 Å². The number of thioether (sulfide) groups is 1. The van der Waals surface area contributed by atoms with Gasteiger partial charge in [-0.1, -0.05) is 12.1 Å². The van der Waals surface area contributed by atoms with Gasteiger partial charge in [0.2, 0.25) is 0 Å². The molecule has 154 valence electrons. The molecule has 3 N–H and O–H groups in total. The Morgan fingerprint density at radius 2 is 1.72 bits per heavy atom. The second kappa shape index (κ2) is 10.4. The van der Waals surface area contributed by atoms with E-state index in [-0.39, 0.29) is 30.4 Å². The van der Waals surface area contributed by atoms with Crippen molar-refractivity contribution < 1.29 is 24.1 Å². The van der Waals surface area contributed by atoms with E-state index in [0.29, 0.717) is 10.6 Å². The van der Waals surface area contributed by atoms with Gasteiger partial charge in [0.05, 0.1) is 30.5 Å². The van der Waals surface area contributed by atoms with Gasteiger partial charge in [-0.15, -0.1) is 11.8 Å². The molecule has 0 radical (unpaired) electrons. The summed E-state index contributed by atoms with van der Waals surface area (Å²) in [5.74, 6) is -0.295. The number of benzene rings is 2. The van der Waals surface area contributed by atoms with E-state index in [4.69, 9.17) is 4.74 Å². The van der Waals surface area contributed by atoms with Gasteiger partial charge in [0.15, 0.2) is 13.1 Å². The maximum absolute atomic E-state index is 12.3. The van der Waals surface area contributed by atoms with Crippen LogP contribution in [0.4, 0.5) is 17.1 Å². The zero-order chi connectivity index (χ0) is 21.4. The number of carbonyl (C=O) groups is 2. The largest absolute Gasteiger partial charge is 0.495 e. The van der Waals surface area contributed by atoms with E-state index in [2.05, 4.69) is 10.6 Å². The van der Waals surface area contributed by atoms with Crippen LogP contribution in [0.25, 0.3) is 0 Å². The molecule has 0 saturated heterocycles. The maximum atomic E-state index is 12.3. The lowest BCUT2D eigenvalue weighted by Gasteiger charge is -2.15. The molecule has 9 nitrogen and oxygen atoms in total. The van der Waals surface area contributed by atoms with E-state index in [1.54, 1.807) is 7.05 Å². The summed E-state index contributed by atoms with van der Waals surface area (Å²) >= 11 is 1.53. The number of amides is 2. The van der Waals surface area contributed by atoms with E-state index in [1.165, 1.54) is 37.1 Å². The zero-order valence-corrected chi connectivity index (χ0v) is 17.2. The normalized spacial score (nSPS) is 11.4. The third kappa shape index (κ3) is 6.47. The van der Waals surface area contributed by atoms with Crippen molar-refractivity contribution in [1.82, 2.24) is 0 Å². The number of non-ortho nitro benzene ring substituents is 1. The first-order chi connectivity index (χ1) is 13.8. The van der Waals surface area contributed by atoms with Crippen LogP contribution in [0, 0.1) is 10.1 Å². The quantitative estimate of drug-likeness (QED) is 0.322. The average Bonchev–Trinajstić information content (AvgIpc) is 2.67. The van der Waals surface area contributed by atoms with Crippen LogP contribution in [-0.2, 0) is 9.59 Å². The summed E-state index contributed by atoms with van der Waals surface area (Å²) in [7, 11) is 3.12. The highest BCUT2D eigenvalue weighted by Crippen LogP contribution is 2.28. The Morgan fingerprint density at radius 1 is 1.10 bits per heavy atom. The van der Waals surface area contributed by atoms with Crippen molar-refractivity contribution in [2.45, 2.75) is 4.90 Å². The predicted octanol–water partition coefficient (Wildman–Crippen LogP) is 1.42. The number of para-hydroxylation sites is 1. The summed E-state index contributed by atoms with van der Waals surface area (Å²) in [6.45, 7) is 0.0889. The van der Waals surface area contributed by atoms with Crippen LogP contribution in [0.2, 0.25) is 0 Å².